The molecule has 0 N–H and O–H groups in total. The second kappa shape index (κ2) is 29.2. The van der Waals surface area contributed by atoms with E-state index in [1.807, 2.05) is 0 Å². The molecular formula is C122H98B2N6O2Si2. The maximum Gasteiger partial charge on any atom is 0.251 e. The van der Waals surface area contributed by atoms with Crippen molar-refractivity contribution in [1.82, 2.24) is 0 Å². The summed E-state index contributed by atoms with van der Waals surface area (Å²) in [7, 11) is -5.85. The van der Waals surface area contributed by atoms with E-state index in [2.05, 4.69) is 499 Å². The minimum atomic E-state index is -3.05. The summed E-state index contributed by atoms with van der Waals surface area (Å²) in [6.45, 7) is 26.2. The van der Waals surface area contributed by atoms with Crippen LogP contribution in [0.3, 0.4) is 0 Å². The number of para-hydroxylation sites is 5. The molecule has 6 aliphatic heterocycles. The minimum absolute atomic E-state index is 0.0530. The van der Waals surface area contributed by atoms with Gasteiger partial charge in [0.05, 0.1) is 11.4 Å². The Bertz CT molecular complexity index is 8020. The van der Waals surface area contributed by atoms with Gasteiger partial charge in [-0.3, -0.25) is 0 Å². The molecule has 642 valence electrons. The van der Waals surface area contributed by atoms with Crippen LogP contribution in [-0.4, -0.2) is 29.6 Å². The first-order chi connectivity index (χ1) is 65.1. The molecule has 26 rings (SSSR count). The lowest BCUT2D eigenvalue weighted by Crippen LogP contribution is -2.83. The molecule has 20 aromatic rings. The fraction of sp³-hybridized carbons (Fsp3) is 0.115. The van der Waals surface area contributed by atoms with Gasteiger partial charge in [-0.25, -0.2) is 0 Å². The predicted molar refractivity (Wildman–Crippen MR) is 574 cm³/mol. The number of fused-ring (bicyclic) bond motifs is 6. The molecule has 0 amide bonds. The fourth-order valence-electron chi connectivity index (χ4n) is 23.8. The van der Waals surface area contributed by atoms with E-state index < -0.39 is 16.1 Å². The molecular weight excluding hydrogens is 1660 g/mol. The maximum absolute atomic E-state index is 6.91. The average molecular weight is 1760 g/mol. The van der Waals surface area contributed by atoms with Gasteiger partial charge in [-0.05, 0) is 245 Å². The molecule has 0 spiro atoms. The molecule has 1 unspecified atom stereocenters. The monoisotopic (exact) mass is 1760 g/mol. The number of hydrogen-bond acceptors (Lipinski definition) is 8. The van der Waals surface area contributed by atoms with Crippen molar-refractivity contribution in [3.05, 3.63) is 411 Å². The maximum atomic E-state index is 6.91. The molecule has 8 heterocycles. The van der Waals surface area contributed by atoms with Gasteiger partial charge in [-0.15, -0.1) is 0 Å². The highest BCUT2D eigenvalue weighted by Gasteiger charge is 2.57. The Morgan fingerprint density at radius 1 is 0.224 bits per heavy atom. The van der Waals surface area contributed by atoms with Crippen LogP contribution in [0, 0.1) is 0 Å². The Labute approximate surface area is 786 Å². The Balaban J connectivity index is 0.667. The van der Waals surface area contributed by atoms with E-state index in [1.54, 1.807) is 0 Å². The zero-order valence-corrected chi connectivity index (χ0v) is 79.2. The van der Waals surface area contributed by atoms with Crippen LogP contribution in [0.5, 0.6) is 0 Å². The molecule has 0 fully saturated rings. The van der Waals surface area contributed by atoms with E-state index in [-0.39, 0.29) is 29.7 Å². The van der Waals surface area contributed by atoms with Crippen LogP contribution in [-0.2, 0) is 16.2 Å². The molecule has 12 heteroatoms. The van der Waals surface area contributed by atoms with E-state index in [0.29, 0.717) is 0 Å². The second-order valence-electron chi connectivity index (χ2n) is 41.0. The molecule has 1 atom stereocenters. The van der Waals surface area contributed by atoms with Crippen molar-refractivity contribution in [1.29, 1.82) is 0 Å². The van der Waals surface area contributed by atoms with Gasteiger partial charge in [-0.2, -0.15) is 0 Å². The molecule has 0 aliphatic carbocycles. The van der Waals surface area contributed by atoms with Crippen LogP contribution < -0.4 is 93.3 Å². The van der Waals surface area contributed by atoms with Gasteiger partial charge in [-0.1, -0.05) is 321 Å². The van der Waals surface area contributed by atoms with Crippen LogP contribution in [0.2, 0.25) is 13.1 Å². The number of rotatable bonds is 13. The molecule has 2 aromatic heterocycles. The van der Waals surface area contributed by atoms with Crippen LogP contribution in [0.25, 0.3) is 55.0 Å². The smallest absolute Gasteiger partial charge is 0.251 e. The Morgan fingerprint density at radius 3 is 0.970 bits per heavy atom. The van der Waals surface area contributed by atoms with E-state index in [0.717, 1.165) is 118 Å². The Hall–Kier alpha value is -15.1. The lowest BCUT2D eigenvalue weighted by molar-refractivity contribution is 0.569. The average Bonchev–Trinajstić information content (AvgIpc) is 0.705. The first-order valence-electron chi connectivity index (χ1n) is 47.3. The summed E-state index contributed by atoms with van der Waals surface area (Å²) in [5.41, 5.74) is 37.5. The molecule has 134 heavy (non-hydrogen) atoms. The third-order valence-corrected chi connectivity index (χ3v) is 39.4. The topological polar surface area (TPSA) is 45.7 Å². The Kier molecular flexibility index (Phi) is 17.4. The summed E-state index contributed by atoms with van der Waals surface area (Å²) in [6, 6.07) is 150. The largest absolute Gasteiger partial charge is 0.456 e. The highest BCUT2D eigenvalue weighted by atomic mass is 28.3. The van der Waals surface area contributed by atoms with Crippen LogP contribution in [0.4, 0.5) is 102 Å². The van der Waals surface area contributed by atoms with Gasteiger partial charge in [0.2, 0.25) is 0 Å². The summed E-state index contributed by atoms with van der Waals surface area (Å²) in [5.74, 6) is 0. The van der Waals surface area contributed by atoms with Crippen molar-refractivity contribution < 1.29 is 8.83 Å². The molecule has 6 aliphatic rings. The molecule has 18 aromatic carbocycles. The summed E-state index contributed by atoms with van der Waals surface area (Å²) >= 11 is 0. The molecule has 0 radical (unpaired) electrons. The van der Waals surface area contributed by atoms with Crippen molar-refractivity contribution in [2.24, 2.45) is 0 Å². The number of nitrogens with zero attached hydrogens (tertiary/aromatic N) is 6. The lowest BCUT2D eigenvalue weighted by atomic mass is 9.33. The van der Waals surface area contributed by atoms with E-state index in [9.17, 15) is 0 Å². The van der Waals surface area contributed by atoms with Crippen molar-refractivity contribution in [2.45, 2.75) is 91.7 Å². The zero-order valence-electron chi connectivity index (χ0n) is 77.2. The summed E-state index contributed by atoms with van der Waals surface area (Å²) in [5, 5.41) is 12.9. The number of anilines is 18. The second-order valence-corrected chi connectivity index (χ2v) is 48.8. The van der Waals surface area contributed by atoms with Gasteiger partial charge in [0.1, 0.15) is 38.5 Å². The Morgan fingerprint density at radius 2 is 0.560 bits per heavy atom. The fourth-order valence-corrected chi connectivity index (χ4v) is 32.3. The predicted octanol–water partition coefficient (Wildman–Crippen LogP) is 25.0. The first-order valence-corrected chi connectivity index (χ1v) is 52.3. The number of benzene rings is 18. The van der Waals surface area contributed by atoms with Gasteiger partial charge in [0.15, 0.2) is 0 Å². The van der Waals surface area contributed by atoms with Gasteiger partial charge < -0.3 is 38.2 Å². The van der Waals surface area contributed by atoms with E-state index in [1.165, 1.54) is 120 Å². The van der Waals surface area contributed by atoms with Crippen molar-refractivity contribution >= 4 is 240 Å². The van der Waals surface area contributed by atoms with Gasteiger partial charge in [0, 0.05) is 125 Å². The van der Waals surface area contributed by atoms with Gasteiger partial charge >= 0.3 is 0 Å². The summed E-state index contributed by atoms with van der Waals surface area (Å²) < 4.78 is 13.8. The summed E-state index contributed by atoms with van der Waals surface area (Å²) in [4.78, 5) is 15.5. The van der Waals surface area contributed by atoms with Crippen LogP contribution >= 0.6 is 0 Å². The number of furan rings is 2. The van der Waals surface area contributed by atoms with Crippen LogP contribution in [0.15, 0.2) is 403 Å². The molecule has 0 bridgehead atoms. The highest BCUT2D eigenvalue weighted by molar-refractivity contribution is 7.22. The minimum Gasteiger partial charge on any atom is -0.456 e. The molecule has 0 saturated heterocycles. The molecule has 8 nitrogen and oxygen atoms in total. The SMILES string of the molecule is CC(C)(C)c1ccc(N2c3cc(N(c4ccccc4)c4ccccc4)cc4c3B3c5c2cccc5[Si](C)(c2ccc(-c5cccc(N(c6ccccc6)c6cc7c8c(c6)N(c6ccc9c(c6)oc6ccccc69)c6cccc9c6B8c6c(cccc6[Si]9(C)c6ccccc6)N7c6ccc7c(c6)oc6ccccc67)c5)cc2)c2cccc(c23)N4c2cc(C(C)(C)C)cc(C(C)(C)C)c2)cc1. The molecule has 0 saturated carbocycles. The lowest BCUT2D eigenvalue weighted by Gasteiger charge is -2.51. The first kappa shape index (κ1) is 79.8. The van der Waals surface area contributed by atoms with E-state index in [4.69, 9.17) is 8.83 Å². The van der Waals surface area contributed by atoms with Gasteiger partial charge in [0.25, 0.3) is 13.4 Å². The number of hydrogen-bond donors (Lipinski definition) is 0. The third-order valence-electron chi connectivity index (χ3n) is 30.3. The summed E-state index contributed by atoms with van der Waals surface area (Å²) in [6.07, 6.45) is 0. The van der Waals surface area contributed by atoms with Crippen molar-refractivity contribution in [2.75, 3.05) is 29.4 Å². The van der Waals surface area contributed by atoms with Crippen LogP contribution in [0.1, 0.15) is 79.0 Å². The third kappa shape index (κ3) is 11.8. The highest BCUT2D eigenvalue weighted by Crippen LogP contribution is 2.54. The van der Waals surface area contributed by atoms with Crippen molar-refractivity contribution in [3.63, 3.8) is 0 Å². The van der Waals surface area contributed by atoms with Crippen molar-refractivity contribution in [3.8, 4) is 11.1 Å². The standard InChI is InChI=1S/C122H98B2N6O2Si2/c1-120(2,3)79-57-59-85(60-58-79)127-98-45-29-53-112-116(98)123-114-102(127)71-90(125(82-34-16-12-17-35-82)83-36-18-13-19-37-83)72-105(114)130(89-69-80(121(4,5)6)68-81(70-89)122(7,8)9)101-48-32-54-113(119(101)123)134(112,11)93-63-55-77(56-64-93)78-33-28-40-86(67-78)126(84-38-20-14-21-39-84)91-73-103-115-104(74-91)129(88-62-66-97-95-44-25-27-50-107(95)132-109(97)76-88)100-47-31-52-111-118(100)124(115)117-99(46-30-51-110(117)133(111,10)92-41-22-15-23-42-92)128(103)87-61-65-96-94-43-24-26-49-106(94)131-108(96)75-87/h12-76H,1-11H3. The quantitative estimate of drug-likeness (QED) is 0.106. The van der Waals surface area contributed by atoms with E-state index >= 15 is 0 Å². The zero-order chi connectivity index (χ0) is 90.3. The normalized spacial score (nSPS) is 15.1.